The fourth-order valence-corrected chi connectivity index (χ4v) is 1.20. The summed E-state index contributed by atoms with van der Waals surface area (Å²) in [6.45, 7) is 4.41. The maximum atomic E-state index is 11.6. The van der Waals surface area contributed by atoms with Crippen LogP contribution in [0.15, 0.2) is 0 Å². The largest absolute Gasteiger partial charge is 0.480 e. The number of aliphatic hydroxyl groups excluding tert-OH is 1. The molecule has 0 fully saturated rings. The molecule has 2 amide bonds. The summed E-state index contributed by atoms with van der Waals surface area (Å²) >= 11 is 0. The third-order valence-corrected chi connectivity index (χ3v) is 2.40. The van der Waals surface area contributed by atoms with Crippen LogP contribution in [0.1, 0.15) is 26.7 Å². The zero-order valence-corrected chi connectivity index (χ0v) is 10.6. The van der Waals surface area contributed by atoms with Crippen molar-refractivity contribution in [1.29, 1.82) is 0 Å². The summed E-state index contributed by atoms with van der Waals surface area (Å²) in [6, 6.07) is -1.46. The van der Waals surface area contributed by atoms with E-state index in [-0.39, 0.29) is 13.0 Å². The maximum Gasteiger partial charge on any atom is 0.326 e. The third kappa shape index (κ3) is 6.78. The molecule has 0 heterocycles. The molecule has 3 N–H and O–H groups in total. The van der Waals surface area contributed by atoms with E-state index in [1.54, 1.807) is 7.05 Å². The molecule has 0 aromatic carbocycles. The number of nitrogens with one attached hydrogen (secondary N) is 1. The van der Waals surface area contributed by atoms with Crippen molar-refractivity contribution in [1.82, 2.24) is 10.2 Å². The lowest BCUT2D eigenvalue weighted by Gasteiger charge is -2.21. The number of hydrogen-bond donors (Lipinski definition) is 3. The molecule has 0 rings (SSSR count). The Morgan fingerprint density at radius 1 is 1.29 bits per heavy atom. The number of carboxylic acid groups (broad SMARTS) is 1. The number of carboxylic acids is 1. The van der Waals surface area contributed by atoms with E-state index in [2.05, 4.69) is 19.2 Å². The molecule has 6 heteroatoms. The highest BCUT2D eigenvalue weighted by atomic mass is 16.4. The van der Waals surface area contributed by atoms with Gasteiger partial charge in [0.25, 0.3) is 0 Å². The summed E-state index contributed by atoms with van der Waals surface area (Å²) in [5.41, 5.74) is 0. The summed E-state index contributed by atoms with van der Waals surface area (Å²) in [5.74, 6) is -0.650. The predicted molar refractivity (Wildman–Crippen MR) is 63.7 cm³/mol. The van der Waals surface area contributed by atoms with Crippen LogP contribution in [0, 0.1) is 5.92 Å². The van der Waals surface area contributed by atoms with E-state index in [4.69, 9.17) is 10.2 Å². The average Bonchev–Trinajstić information content (AvgIpc) is 2.24. The number of nitrogens with zero attached hydrogens (tertiary/aromatic N) is 1. The van der Waals surface area contributed by atoms with Crippen LogP contribution in [0.2, 0.25) is 0 Å². The number of carbonyl (C=O) groups excluding carboxylic acids is 1. The summed E-state index contributed by atoms with van der Waals surface area (Å²) in [7, 11) is 1.62. The first kappa shape index (κ1) is 15.7. The third-order valence-electron chi connectivity index (χ3n) is 2.40. The van der Waals surface area contributed by atoms with Gasteiger partial charge in [-0.25, -0.2) is 9.59 Å². The molecule has 100 valence electrons. The van der Waals surface area contributed by atoms with E-state index in [0.717, 1.165) is 6.42 Å². The average molecular weight is 246 g/mol. The van der Waals surface area contributed by atoms with E-state index in [1.807, 2.05) is 0 Å². The Morgan fingerprint density at radius 3 is 2.29 bits per heavy atom. The minimum absolute atomic E-state index is 0.0130. The molecule has 0 aliphatic heterocycles. The minimum Gasteiger partial charge on any atom is -0.480 e. The van der Waals surface area contributed by atoms with Crippen molar-refractivity contribution in [3.63, 3.8) is 0 Å². The monoisotopic (exact) mass is 246 g/mol. The molecule has 17 heavy (non-hydrogen) atoms. The molecule has 0 aliphatic rings. The Morgan fingerprint density at radius 2 is 1.88 bits per heavy atom. The van der Waals surface area contributed by atoms with Crippen molar-refractivity contribution in [3.05, 3.63) is 0 Å². The molecular formula is C11H22N2O4. The first-order valence-electron chi connectivity index (χ1n) is 5.73. The quantitative estimate of drug-likeness (QED) is 0.610. The lowest BCUT2D eigenvalue weighted by molar-refractivity contribution is -0.139. The van der Waals surface area contributed by atoms with Crippen LogP contribution in [-0.2, 0) is 4.79 Å². The molecule has 0 bridgehead atoms. The maximum absolute atomic E-state index is 11.6. The van der Waals surface area contributed by atoms with Gasteiger partial charge in [-0.3, -0.25) is 0 Å². The molecule has 0 unspecified atom stereocenters. The van der Waals surface area contributed by atoms with Gasteiger partial charge in [-0.2, -0.15) is 0 Å². The Kier molecular flexibility index (Phi) is 7.29. The van der Waals surface area contributed by atoms with Crippen molar-refractivity contribution < 1.29 is 19.8 Å². The van der Waals surface area contributed by atoms with Crippen LogP contribution in [0.5, 0.6) is 0 Å². The number of carbonyl (C=O) groups is 2. The topological polar surface area (TPSA) is 89.9 Å². The molecule has 0 aromatic heterocycles. The first-order chi connectivity index (χ1) is 7.88. The van der Waals surface area contributed by atoms with Gasteiger partial charge in [0.2, 0.25) is 0 Å². The summed E-state index contributed by atoms with van der Waals surface area (Å²) < 4.78 is 0. The van der Waals surface area contributed by atoms with Crippen LogP contribution >= 0.6 is 0 Å². The van der Waals surface area contributed by atoms with Gasteiger partial charge >= 0.3 is 12.0 Å². The van der Waals surface area contributed by atoms with Gasteiger partial charge in [-0.15, -0.1) is 0 Å². The number of urea groups is 1. The number of aliphatic hydroxyl groups is 1. The normalized spacial score (nSPS) is 12.3. The van der Waals surface area contributed by atoms with Crippen LogP contribution in [0.3, 0.4) is 0 Å². The number of aliphatic carboxylic acids is 1. The molecule has 0 saturated carbocycles. The highest BCUT2D eigenvalue weighted by Crippen LogP contribution is 2.01. The Hall–Kier alpha value is -1.30. The fourth-order valence-electron chi connectivity index (χ4n) is 1.20. The molecule has 0 aromatic rings. The van der Waals surface area contributed by atoms with E-state index in [1.165, 1.54) is 4.90 Å². The Labute approximate surface area is 102 Å². The molecular weight excluding hydrogens is 224 g/mol. The number of amides is 2. The van der Waals surface area contributed by atoms with Crippen molar-refractivity contribution in [2.75, 3.05) is 20.2 Å². The highest BCUT2D eigenvalue weighted by molar-refractivity contribution is 5.82. The standard InChI is InChI=1S/C11H22N2O4/c1-8(2)4-6-13(3)11(17)12-9(5-7-14)10(15)16/h8-9,14H,4-7H2,1-3H3,(H,12,17)(H,15,16)/t9-/m1/s1. The molecule has 0 spiro atoms. The predicted octanol–water partition coefficient (Wildman–Crippen LogP) is 0.509. The van der Waals surface area contributed by atoms with Crippen molar-refractivity contribution in [2.24, 2.45) is 5.92 Å². The van der Waals surface area contributed by atoms with E-state index in [9.17, 15) is 9.59 Å². The van der Waals surface area contributed by atoms with Gasteiger partial charge < -0.3 is 20.4 Å². The van der Waals surface area contributed by atoms with Gasteiger partial charge in [-0.1, -0.05) is 13.8 Å². The summed E-state index contributed by atoms with van der Waals surface area (Å²) in [5, 5.41) is 19.9. The van der Waals surface area contributed by atoms with E-state index in [0.29, 0.717) is 12.5 Å². The van der Waals surface area contributed by atoms with E-state index < -0.39 is 18.0 Å². The van der Waals surface area contributed by atoms with Crippen LogP contribution in [0.4, 0.5) is 4.79 Å². The zero-order chi connectivity index (χ0) is 13.4. The van der Waals surface area contributed by atoms with Gasteiger partial charge in [0.1, 0.15) is 6.04 Å². The molecule has 0 saturated heterocycles. The van der Waals surface area contributed by atoms with Crippen molar-refractivity contribution >= 4 is 12.0 Å². The second-order valence-corrected chi connectivity index (χ2v) is 4.46. The second-order valence-electron chi connectivity index (χ2n) is 4.46. The second kappa shape index (κ2) is 7.89. The lowest BCUT2D eigenvalue weighted by atomic mass is 10.1. The molecule has 6 nitrogen and oxygen atoms in total. The van der Waals surface area contributed by atoms with Crippen LogP contribution in [-0.4, -0.2) is 53.4 Å². The van der Waals surface area contributed by atoms with Crippen molar-refractivity contribution in [3.8, 4) is 0 Å². The molecule has 0 aliphatic carbocycles. The first-order valence-corrected chi connectivity index (χ1v) is 5.73. The fraction of sp³-hybridized carbons (Fsp3) is 0.818. The number of hydrogen-bond acceptors (Lipinski definition) is 3. The van der Waals surface area contributed by atoms with Crippen molar-refractivity contribution in [2.45, 2.75) is 32.7 Å². The van der Waals surface area contributed by atoms with Crippen LogP contribution < -0.4 is 5.32 Å². The van der Waals surface area contributed by atoms with Gasteiger partial charge in [0, 0.05) is 26.6 Å². The number of rotatable bonds is 7. The highest BCUT2D eigenvalue weighted by Gasteiger charge is 2.20. The summed E-state index contributed by atoms with van der Waals surface area (Å²) in [4.78, 5) is 23.8. The Bertz CT molecular complexity index is 256. The summed E-state index contributed by atoms with van der Waals surface area (Å²) in [6.07, 6.45) is 0.876. The van der Waals surface area contributed by atoms with Gasteiger partial charge in [0.05, 0.1) is 0 Å². The Balaban J connectivity index is 4.15. The molecule has 0 radical (unpaired) electrons. The van der Waals surface area contributed by atoms with Gasteiger partial charge in [-0.05, 0) is 12.3 Å². The lowest BCUT2D eigenvalue weighted by Crippen LogP contribution is -2.47. The molecule has 1 atom stereocenters. The minimum atomic E-state index is -1.13. The SMILES string of the molecule is CC(C)CCN(C)C(=O)N[C@H](CCO)C(=O)O. The van der Waals surface area contributed by atoms with Crippen LogP contribution in [0.25, 0.3) is 0 Å². The van der Waals surface area contributed by atoms with E-state index >= 15 is 0 Å². The van der Waals surface area contributed by atoms with Gasteiger partial charge in [0.15, 0.2) is 0 Å². The smallest absolute Gasteiger partial charge is 0.326 e. The zero-order valence-electron chi connectivity index (χ0n) is 10.6.